The molecular weight excluding hydrogens is 272 g/mol. The molecule has 0 fully saturated rings. The monoisotopic (exact) mass is 296 g/mol. The number of benzene rings is 1. The molecule has 0 bridgehead atoms. The third-order valence-corrected chi connectivity index (χ3v) is 3.50. The van der Waals surface area contributed by atoms with Gasteiger partial charge in [-0.3, -0.25) is 0 Å². The van der Waals surface area contributed by atoms with Gasteiger partial charge >= 0.3 is 0 Å². The molecular formula is C16H25Br. The number of rotatable bonds is 2. The van der Waals surface area contributed by atoms with Crippen molar-refractivity contribution in [2.24, 2.45) is 0 Å². The van der Waals surface area contributed by atoms with E-state index < -0.39 is 0 Å². The highest BCUT2D eigenvalue weighted by Gasteiger charge is 2.20. The Kier molecular flexibility index (Phi) is 4.46. The van der Waals surface area contributed by atoms with Crippen LogP contribution in [0.1, 0.15) is 58.2 Å². The molecule has 0 heterocycles. The number of hydrogen-bond acceptors (Lipinski definition) is 0. The molecule has 0 aromatic heterocycles. The molecule has 0 amide bonds. The molecule has 0 spiro atoms. The molecule has 0 aliphatic carbocycles. The van der Waals surface area contributed by atoms with Crippen LogP contribution in [-0.2, 0) is 17.3 Å². The van der Waals surface area contributed by atoms with Crippen molar-refractivity contribution < 1.29 is 0 Å². The summed E-state index contributed by atoms with van der Waals surface area (Å²) in [5, 5.41) is 1.03. The van der Waals surface area contributed by atoms with Crippen molar-refractivity contribution in [3.63, 3.8) is 0 Å². The zero-order valence-electron chi connectivity index (χ0n) is 12.0. The van der Waals surface area contributed by atoms with Crippen LogP contribution in [0.5, 0.6) is 0 Å². The first-order chi connectivity index (χ1) is 7.64. The molecule has 1 heteroatoms. The number of halogens is 1. The normalized spacial score (nSPS) is 12.9. The lowest BCUT2D eigenvalue weighted by Gasteiger charge is -2.26. The molecule has 0 N–H and O–H groups in total. The van der Waals surface area contributed by atoms with Crippen LogP contribution < -0.4 is 0 Å². The fourth-order valence-corrected chi connectivity index (χ4v) is 2.27. The summed E-state index contributed by atoms with van der Waals surface area (Å²) >= 11 is 3.54. The molecule has 17 heavy (non-hydrogen) atoms. The maximum absolute atomic E-state index is 3.54. The quantitative estimate of drug-likeness (QED) is 0.657. The molecule has 0 aliphatic heterocycles. The average molecular weight is 297 g/mol. The molecule has 0 unspecified atom stereocenters. The summed E-state index contributed by atoms with van der Waals surface area (Å²) in [7, 11) is 0. The fraction of sp³-hybridized carbons (Fsp3) is 0.625. The van der Waals surface area contributed by atoms with E-state index in [1.54, 1.807) is 0 Å². The summed E-state index contributed by atoms with van der Waals surface area (Å²) in [5.41, 5.74) is 4.78. The molecule has 0 radical (unpaired) electrons. The Hall–Kier alpha value is -0.300. The summed E-state index contributed by atoms with van der Waals surface area (Å²) < 4.78 is 0. The molecule has 1 aromatic rings. The SMILES string of the molecule is CC(C)(C)c1cc(CCBr)cc(C(C)(C)C)c1. The highest BCUT2D eigenvalue weighted by atomic mass is 79.9. The summed E-state index contributed by atoms with van der Waals surface area (Å²) in [6.45, 7) is 13.7. The van der Waals surface area contributed by atoms with Crippen LogP contribution in [0, 0.1) is 0 Å². The van der Waals surface area contributed by atoms with Crippen molar-refractivity contribution in [2.75, 3.05) is 5.33 Å². The van der Waals surface area contributed by atoms with Gasteiger partial charge in [-0.15, -0.1) is 0 Å². The van der Waals surface area contributed by atoms with Gasteiger partial charge in [0.2, 0.25) is 0 Å². The predicted octanol–water partition coefficient (Wildman–Crippen LogP) is 5.22. The van der Waals surface area contributed by atoms with Crippen molar-refractivity contribution in [3.8, 4) is 0 Å². The lowest BCUT2D eigenvalue weighted by molar-refractivity contribution is 0.567. The van der Waals surface area contributed by atoms with Gasteiger partial charge in [-0.1, -0.05) is 75.7 Å². The zero-order chi connectivity index (χ0) is 13.3. The van der Waals surface area contributed by atoms with Crippen LogP contribution in [0.15, 0.2) is 18.2 Å². The predicted molar refractivity (Wildman–Crippen MR) is 81.3 cm³/mol. The Morgan fingerprint density at radius 2 is 1.24 bits per heavy atom. The average Bonchev–Trinajstić information content (AvgIpc) is 2.15. The van der Waals surface area contributed by atoms with E-state index in [2.05, 4.69) is 75.7 Å². The first kappa shape index (κ1) is 14.8. The largest absolute Gasteiger partial charge is 0.0924 e. The second kappa shape index (κ2) is 5.14. The van der Waals surface area contributed by atoms with Gasteiger partial charge in [-0.05, 0) is 33.9 Å². The van der Waals surface area contributed by atoms with Gasteiger partial charge in [0.1, 0.15) is 0 Å². The molecule has 1 rings (SSSR count). The Labute approximate surface area is 115 Å². The van der Waals surface area contributed by atoms with Crippen molar-refractivity contribution in [2.45, 2.75) is 58.8 Å². The number of alkyl halides is 1. The van der Waals surface area contributed by atoms with E-state index in [9.17, 15) is 0 Å². The highest BCUT2D eigenvalue weighted by Crippen LogP contribution is 2.30. The molecule has 0 saturated carbocycles. The molecule has 0 saturated heterocycles. The lowest BCUT2D eigenvalue weighted by atomic mass is 9.79. The van der Waals surface area contributed by atoms with Crippen LogP contribution in [0.2, 0.25) is 0 Å². The van der Waals surface area contributed by atoms with E-state index in [1.165, 1.54) is 16.7 Å². The van der Waals surface area contributed by atoms with Gasteiger partial charge < -0.3 is 0 Å². The van der Waals surface area contributed by atoms with Crippen LogP contribution in [-0.4, -0.2) is 5.33 Å². The minimum absolute atomic E-state index is 0.225. The maximum Gasteiger partial charge on any atom is 0.00718 e. The van der Waals surface area contributed by atoms with E-state index in [1.807, 2.05) is 0 Å². The Bertz CT molecular complexity index is 345. The van der Waals surface area contributed by atoms with E-state index in [4.69, 9.17) is 0 Å². The first-order valence-corrected chi connectivity index (χ1v) is 7.47. The molecule has 0 nitrogen and oxygen atoms in total. The third kappa shape index (κ3) is 4.13. The smallest absolute Gasteiger partial charge is 0.00718 e. The summed E-state index contributed by atoms with van der Waals surface area (Å²) in [6, 6.07) is 7.09. The fourth-order valence-electron chi connectivity index (χ4n) is 1.81. The van der Waals surface area contributed by atoms with Crippen molar-refractivity contribution >= 4 is 15.9 Å². The standard InChI is InChI=1S/C16H25Br/c1-15(2,3)13-9-12(7-8-17)10-14(11-13)16(4,5)6/h9-11H,7-8H2,1-6H3. The minimum Gasteiger partial charge on any atom is -0.0924 e. The van der Waals surface area contributed by atoms with Crippen LogP contribution in [0.25, 0.3) is 0 Å². The van der Waals surface area contributed by atoms with Gasteiger partial charge in [0, 0.05) is 5.33 Å². The number of hydrogen-bond donors (Lipinski definition) is 0. The Morgan fingerprint density at radius 1 is 0.824 bits per heavy atom. The summed E-state index contributed by atoms with van der Waals surface area (Å²) in [4.78, 5) is 0. The first-order valence-electron chi connectivity index (χ1n) is 6.35. The van der Waals surface area contributed by atoms with Crippen LogP contribution in [0.4, 0.5) is 0 Å². The van der Waals surface area contributed by atoms with E-state index in [-0.39, 0.29) is 10.8 Å². The Balaban J connectivity index is 3.29. The molecule has 1 aromatic carbocycles. The van der Waals surface area contributed by atoms with Crippen molar-refractivity contribution in [1.29, 1.82) is 0 Å². The summed E-state index contributed by atoms with van der Waals surface area (Å²) in [6.07, 6.45) is 1.10. The second-order valence-corrected chi connectivity index (χ2v) is 7.65. The molecule has 0 aliphatic rings. The van der Waals surface area contributed by atoms with Gasteiger partial charge in [0.25, 0.3) is 0 Å². The lowest BCUT2D eigenvalue weighted by Crippen LogP contribution is -2.17. The topological polar surface area (TPSA) is 0 Å². The highest BCUT2D eigenvalue weighted by molar-refractivity contribution is 9.09. The van der Waals surface area contributed by atoms with Gasteiger partial charge in [-0.25, -0.2) is 0 Å². The third-order valence-electron chi connectivity index (χ3n) is 3.11. The van der Waals surface area contributed by atoms with E-state index >= 15 is 0 Å². The second-order valence-electron chi connectivity index (χ2n) is 6.86. The van der Waals surface area contributed by atoms with Crippen molar-refractivity contribution in [1.82, 2.24) is 0 Å². The Morgan fingerprint density at radius 3 is 1.53 bits per heavy atom. The summed E-state index contributed by atoms with van der Waals surface area (Å²) in [5.74, 6) is 0. The van der Waals surface area contributed by atoms with Gasteiger partial charge in [-0.2, -0.15) is 0 Å². The van der Waals surface area contributed by atoms with Gasteiger partial charge in [0.05, 0.1) is 0 Å². The maximum atomic E-state index is 3.54. The molecule has 0 atom stereocenters. The van der Waals surface area contributed by atoms with E-state index in [0.29, 0.717) is 0 Å². The number of aryl methyl sites for hydroxylation is 1. The zero-order valence-corrected chi connectivity index (χ0v) is 13.6. The van der Waals surface area contributed by atoms with Crippen LogP contribution in [0.3, 0.4) is 0 Å². The minimum atomic E-state index is 0.225. The molecule has 96 valence electrons. The van der Waals surface area contributed by atoms with Crippen LogP contribution >= 0.6 is 15.9 Å². The van der Waals surface area contributed by atoms with E-state index in [0.717, 1.165) is 11.8 Å². The van der Waals surface area contributed by atoms with Crippen molar-refractivity contribution in [3.05, 3.63) is 34.9 Å². The van der Waals surface area contributed by atoms with Gasteiger partial charge in [0.15, 0.2) is 0 Å².